The summed E-state index contributed by atoms with van der Waals surface area (Å²) in [7, 11) is 0. The number of halogens is 2. The fraction of sp³-hybridized carbons (Fsp3) is 0.286. The van der Waals surface area contributed by atoms with E-state index in [1.165, 1.54) is 6.92 Å². The number of H-pyrrole nitrogens is 1. The summed E-state index contributed by atoms with van der Waals surface area (Å²) in [5, 5.41) is 9.06. The van der Waals surface area contributed by atoms with Crippen LogP contribution in [0, 0.1) is 12.7 Å². The molecule has 1 fully saturated rings. The van der Waals surface area contributed by atoms with E-state index in [9.17, 15) is 14.0 Å². The molecule has 104 valence electrons. The number of hydrogen-bond donors (Lipinski definition) is 2. The van der Waals surface area contributed by atoms with Gasteiger partial charge in [0.25, 0.3) is 0 Å². The predicted octanol–water partition coefficient (Wildman–Crippen LogP) is 3.06. The topological polar surface area (TPSA) is 70.2 Å². The molecular weight excluding hydrogens is 329 g/mol. The molecule has 0 unspecified atom stereocenters. The summed E-state index contributed by atoms with van der Waals surface area (Å²) in [6.07, 6.45) is 2.83. The number of carboxylic acids is 1. The summed E-state index contributed by atoms with van der Waals surface area (Å²) < 4.78 is 14.1. The van der Waals surface area contributed by atoms with Crippen molar-refractivity contribution in [3.8, 4) is 0 Å². The van der Waals surface area contributed by atoms with Crippen molar-refractivity contribution in [3.05, 3.63) is 45.0 Å². The average Bonchev–Trinajstić information content (AvgIpc) is 3.12. The van der Waals surface area contributed by atoms with E-state index in [0.29, 0.717) is 11.1 Å². The molecular formula is C14H11BrFNO3. The molecule has 20 heavy (non-hydrogen) atoms. The van der Waals surface area contributed by atoms with Gasteiger partial charge in [-0.05, 0) is 31.4 Å². The van der Waals surface area contributed by atoms with E-state index >= 15 is 0 Å². The molecule has 1 aromatic heterocycles. The van der Waals surface area contributed by atoms with Gasteiger partial charge in [-0.1, -0.05) is 15.9 Å². The smallest absolute Gasteiger partial charge is 0.341 e. The summed E-state index contributed by atoms with van der Waals surface area (Å²) >= 11 is 3.50. The Balaban J connectivity index is 2.39. The second kappa shape index (κ2) is 4.15. The van der Waals surface area contributed by atoms with Crippen molar-refractivity contribution < 1.29 is 14.3 Å². The van der Waals surface area contributed by atoms with Crippen LogP contribution < -0.4 is 5.43 Å². The molecule has 1 saturated carbocycles. The number of benzene rings is 1. The highest BCUT2D eigenvalue weighted by molar-refractivity contribution is 9.09. The number of aryl methyl sites for hydroxylation is 1. The molecule has 3 rings (SSSR count). The fourth-order valence-corrected chi connectivity index (χ4v) is 2.90. The Hall–Kier alpha value is -1.69. The van der Waals surface area contributed by atoms with Gasteiger partial charge in [-0.3, -0.25) is 4.79 Å². The van der Waals surface area contributed by atoms with Crippen molar-refractivity contribution in [1.82, 2.24) is 4.98 Å². The number of rotatable bonds is 2. The summed E-state index contributed by atoms with van der Waals surface area (Å²) in [6.45, 7) is 1.50. The molecule has 1 aromatic carbocycles. The van der Waals surface area contributed by atoms with Gasteiger partial charge in [-0.15, -0.1) is 0 Å². The number of aromatic amines is 1. The third-order valence-corrected chi connectivity index (χ3v) is 4.96. The van der Waals surface area contributed by atoms with Crippen molar-refractivity contribution in [1.29, 1.82) is 0 Å². The van der Waals surface area contributed by atoms with Crippen LogP contribution in [0.2, 0.25) is 0 Å². The standard InChI is InChI=1S/C14H11BrFNO3/c1-6-10-9(17-5-7(12(10)18)13(19)20)4-8(11(6)16)14(15)2-3-14/h4-5H,2-3H2,1H3,(H,17,18)(H,19,20). The van der Waals surface area contributed by atoms with Crippen molar-refractivity contribution in [2.24, 2.45) is 0 Å². The molecule has 0 atom stereocenters. The number of pyridine rings is 1. The second-order valence-corrected chi connectivity index (χ2v) is 6.61. The zero-order chi connectivity index (χ0) is 14.7. The van der Waals surface area contributed by atoms with E-state index in [-0.39, 0.29) is 20.8 Å². The normalized spacial score (nSPS) is 16.4. The highest BCUT2D eigenvalue weighted by atomic mass is 79.9. The van der Waals surface area contributed by atoms with E-state index in [4.69, 9.17) is 5.11 Å². The Morgan fingerprint density at radius 1 is 1.50 bits per heavy atom. The van der Waals surface area contributed by atoms with Crippen molar-refractivity contribution in [3.63, 3.8) is 0 Å². The first-order valence-corrected chi connectivity index (χ1v) is 6.91. The third kappa shape index (κ3) is 1.78. The molecule has 0 radical (unpaired) electrons. The largest absolute Gasteiger partial charge is 0.477 e. The first-order chi connectivity index (χ1) is 9.35. The van der Waals surface area contributed by atoms with Crippen LogP contribution in [0.15, 0.2) is 17.1 Å². The summed E-state index contributed by atoms with van der Waals surface area (Å²) in [5.74, 6) is -1.77. The maximum atomic E-state index is 14.5. The number of carbonyl (C=O) groups is 1. The molecule has 2 aromatic rings. The summed E-state index contributed by atoms with van der Waals surface area (Å²) in [6, 6.07) is 1.59. The molecule has 1 heterocycles. The first kappa shape index (κ1) is 13.3. The molecule has 4 nitrogen and oxygen atoms in total. The van der Waals surface area contributed by atoms with Crippen LogP contribution in [-0.2, 0) is 4.32 Å². The molecule has 6 heteroatoms. The Labute approximate surface area is 121 Å². The molecule has 0 aliphatic heterocycles. The Morgan fingerprint density at radius 2 is 2.15 bits per heavy atom. The molecule has 0 saturated heterocycles. The number of fused-ring (bicyclic) bond motifs is 1. The minimum absolute atomic E-state index is 0.0999. The molecule has 0 spiro atoms. The molecule has 0 amide bonds. The fourth-order valence-electron chi connectivity index (χ4n) is 2.41. The maximum absolute atomic E-state index is 14.5. The lowest BCUT2D eigenvalue weighted by Gasteiger charge is -2.13. The third-order valence-electron chi connectivity index (χ3n) is 3.74. The van der Waals surface area contributed by atoms with Crippen LogP contribution >= 0.6 is 15.9 Å². The lowest BCUT2D eigenvalue weighted by Crippen LogP contribution is -2.17. The zero-order valence-electron chi connectivity index (χ0n) is 10.6. The van der Waals surface area contributed by atoms with Crippen LogP contribution in [0.4, 0.5) is 4.39 Å². The van der Waals surface area contributed by atoms with E-state index in [0.717, 1.165) is 19.0 Å². The Morgan fingerprint density at radius 3 is 2.70 bits per heavy atom. The summed E-state index contributed by atoms with van der Waals surface area (Å²) in [4.78, 5) is 25.9. The van der Waals surface area contributed by atoms with Crippen LogP contribution in [-0.4, -0.2) is 16.1 Å². The van der Waals surface area contributed by atoms with Gasteiger partial charge in [-0.25, -0.2) is 9.18 Å². The number of hydrogen-bond acceptors (Lipinski definition) is 2. The van der Waals surface area contributed by atoms with Crippen LogP contribution in [0.3, 0.4) is 0 Å². The van der Waals surface area contributed by atoms with Gasteiger partial charge in [0.1, 0.15) is 11.4 Å². The van der Waals surface area contributed by atoms with Crippen molar-refractivity contribution in [2.75, 3.05) is 0 Å². The van der Waals surface area contributed by atoms with Crippen molar-refractivity contribution in [2.45, 2.75) is 24.1 Å². The van der Waals surface area contributed by atoms with E-state index in [1.54, 1.807) is 6.07 Å². The van der Waals surface area contributed by atoms with Gasteiger partial charge in [0, 0.05) is 11.8 Å². The minimum Gasteiger partial charge on any atom is -0.477 e. The number of aromatic carboxylic acids is 1. The van der Waals surface area contributed by atoms with Crippen LogP contribution in [0.25, 0.3) is 10.9 Å². The first-order valence-electron chi connectivity index (χ1n) is 6.12. The maximum Gasteiger partial charge on any atom is 0.341 e. The molecule has 2 N–H and O–H groups in total. The van der Waals surface area contributed by atoms with Crippen molar-refractivity contribution >= 4 is 32.8 Å². The molecule has 1 aliphatic rings. The lowest BCUT2D eigenvalue weighted by molar-refractivity contribution is 0.0695. The minimum atomic E-state index is -1.32. The van der Waals surface area contributed by atoms with Crippen LogP contribution in [0.1, 0.15) is 34.3 Å². The SMILES string of the molecule is Cc1c(F)c(C2(Br)CC2)cc2[nH]cc(C(=O)O)c(=O)c12. The van der Waals surface area contributed by atoms with Gasteiger partial charge < -0.3 is 10.1 Å². The Bertz CT molecular complexity index is 808. The number of carboxylic acid groups (broad SMARTS) is 1. The number of nitrogens with one attached hydrogen (secondary N) is 1. The highest BCUT2D eigenvalue weighted by Gasteiger charge is 2.44. The summed E-state index contributed by atoms with van der Waals surface area (Å²) in [5.41, 5.74) is 0.120. The van der Waals surface area contributed by atoms with Gasteiger partial charge in [-0.2, -0.15) is 0 Å². The highest BCUT2D eigenvalue weighted by Crippen LogP contribution is 2.55. The zero-order valence-corrected chi connectivity index (χ0v) is 12.2. The van der Waals surface area contributed by atoms with Gasteiger partial charge in [0.05, 0.1) is 15.2 Å². The monoisotopic (exact) mass is 339 g/mol. The van der Waals surface area contributed by atoms with Gasteiger partial charge in [0.2, 0.25) is 5.43 Å². The van der Waals surface area contributed by atoms with E-state index < -0.39 is 17.2 Å². The van der Waals surface area contributed by atoms with Crippen LogP contribution in [0.5, 0.6) is 0 Å². The Kier molecular flexibility index (Phi) is 2.76. The number of aromatic nitrogens is 1. The predicted molar refractivity (Wildman–Crippen MR) is 76.1 cm³/mol. The molecule has 1 aliphatic carbocycles. The quantitative estimate of drug-likeness (QED) is 0.826. The van der Waals surface area contributed by atoms with Gasteiger partial charge in [0.15, 0.2) is 0 Å². The average molecular weight is 340 g/mol. The lowest BCUT2D eigenvalue weighted by atomic mass is 10.00. The molecule has 0 bridgehead atoms. The van der Waals surface area contributed by atoms with Gasteiger partial charge >= 0.3 is 5.97 Å². The second-order valence-electron chi connectivity index (χ2n) is 5.09. The van der Waals surface area contributed by atoms with E-state index in [2.05, 4.69) is 20.9 Å². The van der Waals surface area contributed by atoms with E-state index in [1.807, 2.05) is 0 Å². The number of alkyl halides is 1.